The monoisotopic (exact) mass is 396 g/mol. The molecular weight excluding hydrogens is 368 g/mol. The number of carbonyl (C=O) groups is 1. The largest absolute Gasteiger partial charge is 0.487 e. The fourth-order valence-electron chi connectivity index (χ4n) is 3.57. The van der Waals surface area contributed by atoms with Gasteiger partial charge in [0.25, 0.3) is 0 Å². The molecule has 2 aromatic rings. The number of anilines is 1. The first-order valence-electron chi connectivity index (χ1n) is 9.86. The number of nitrogens with zero attached hydrogens (tertiary/aromatic N) is 2. The number of aromatic carboxylic acids is 1. The zero-order valence-corrected chi connectivity index (χ0v) is 17.2. The van der Waals surface area contributed by atoms with Gasteiger partial charge in [0.05, 0.1) is 5.56 Å². The molecule has 6 heteroatoms. The Morgan fingerprint density at radius 1 is 1.07 bits per heavy atom. The number of carboxylic acid groups (broad SMARTS) is 1. The van der Waals surface area contributed by atoms with E-state index in [9.17, 15) is 10.0 Å². The van der Waals surface area contributed by atoms with Crippen molar-refractivity contribution >= 4 is 17.4 Å². The van der Waals surface area contributed by atoms with E-state index in [1.54, 1.807) is 12.1 Å². The molecule has 2 N–H and O–H groups in total. The lowest BCUT2D eigenvalue weighted by Gasteiger charge is -2.29. The summed E-state index contributed by atoms with van der Waals surface area (Å²) in [5, 5.41) is 22.0. The smallest absolute Gasteiger partial charge is 0.335 e. The number of benzene rings is 2. The first-order chi connectivity index (χ1) is 13.8. The molecule has 2 aromatic carbocycles. The van der Waals surface area contributed by atoms with Crippen molar-refractivity contribution in [3.05, 3.63) is 59.2 Å². The fourth-order valence-corrected chi connectivity index (χ4v) is 3.57. The van der Waals surface area contributed by atoms with E-state index in [1.807, 2.05) is 6.07 Å². The minimum atomic E-state index is -0.984. The highest BCUT2D eigenvalue weighted by atomic mass is 16.5. The molecule has 1 saturated heterocycles. The normalized spacial score (nSPS) is 14.9. The third kappa shape index (κ3) is 4.88. The number of hydrogen-bond donors (Lipinski definition) is 2. The van der Waals surface area contributed by atoms with Crippen LogP contribution in [0.5, 0.6) is 5.75 Å². The van der Waals surface area contributed by atoms with Crippen molar-refractivity contribution in [3.8, 4) is 5.75 Å². The second kappa shape index (κ2) is 8.55. The Morgan fingerprint density at radius 2 is 1.69 bits per heavy atom. The van der Waals surface area contributed by atoms with Crippen molar-refractivity contribution in [1.29, 1.82) is 0 Å². The minimum Gasteiger partial charge on any atom is -0.487 e. The van der Waals surface area contributed by atoms with E-state index in [1.165, 1.54) is 36.2 Å². The molecule has 0 aliphatic carbocycles. The predicted octanol–water partition coefficient (Wildman–Crippen LogP) is 4.54. The Bertz CT molecular complexity index is 892. The summed E-state index contributed by atoms with van der Waals surface area (Å²) in [5.74, 6) is -0.470. The van der Waals surface area contributed by atoms with E-state index in [4.69, 9.17) is 9.84 Å². The SMILES string of the molecule is CC(C)(C)c1cc(/C(COc2ccc(C(=O)O)cc2)=N\O)ccc1N1CCCC1. The Balaban J connectivity index is 1.80. The molecule has 0 amide bonds. The number of rotatable bonds is 6. The van der Waals surface area contributed by atoms with Gasteiger partial charge in [-0.15, -0.1) is 0 Å². The van der Waals surface area contributed by atoms with Crippen molar-refractivity contribution in [1.82, 2.24) is 0 Å². The van der Waals surface area contributed by atoms with Crippen LogP contribution in [-0.2, 0) is 5.41 Å². The molecule has 0 atom stereocenters. The van der Waals surface area contributed by atoms with E-state index < -0.39 is 5.97 Å². The lowest BCUT2D eigenvalue weighted by Crippen LogP contribution is -2.24. The Hall–Kier alpha value is -3.02. The summed E-state index contributed by atoms with van der Waals surface area (Å²) in [6, 6.07) is 12.3. The summed E-state index contributed by atoms with van der Waals surface area (Å²) < 4.78 is 5.71. The zero-order valence-electron chi connectivity index (χ0n) is 17.2. The van der Waals surface area contributed by atoms with Crippen LogP contribution in [0.3, 0.4) is 0 Å². The number of ether oxygens (including phenoxy) is 1. The molecule has 0 saturated carbocycles. The molecule has 3 rings (SSSR count). The molecule has 0 radical (unpaired) electrons. The Labute approximate surface area is 171 Å². The van der Waals surface area contributed by atoms with Gasteiger partial charge in [-0.1, -0.05) is 32.0 Å². The minimum absolute atomic E-state index is 0.0536. The van der Waals surface area contributed by atoms with Gasteiger partial charge in [-0.05, 0) is 60.2 Å². The van der Waals surface area contributed by atoms with Crippen molar-refractivity contribution in [2.75, 3.05) is 24.6 Å². The summed E-state index contributed by atoms with van der Waals surface area (Å²) >= 11 is 0. The van der Waals surface area contributed by atoms with Gasteiger partial charge in [0.15, 0.2) is 0 Å². The first kappa shape index (κ1) is 20.7. The maximum absolute atomic E-state index is 10.9. The molecule has 1 aliphatic heterocycles. The van der Waals surface area contributed by atoms with Crippen LogP contribution < -0.4 is 9.64 Å². The number of carboxylic acids is 1. The highest BCUT2D eigenvalue weighted by Crippen LogP contribution is 2.34. The van der Waals surface area contributed by atoms with Crippen LogP contribution in [0.25, 0.3) is 0 Å². The van der Waals surface area contributed by atoms with Crippen LogP contribution in [-0.4, -0.2) is 41.7 Å². The zero-order chi connectivity index (χ0) is 21.0. The summed E-state index contributed by atoms with van der Waals surface area (Å²) in [6.07, 6.45) is 2.42. The lowest BCUT2D eigenvalue weighted by atomic mass is 9.84. The molecule has 1 fully saturated rings. The first-order valence-corrected chi connectivity index (χ1v) is 9.86. The maximum Gasteiger partial charge on any atom is 0.335 e. The predicted molar refractivity (Wildman–Crippen MR) is 114 cm³/mol. The molecule has 154 valence electrons. The van der Waals surface area contributed by atoms with Crippen molar-refractivity contribution in [2.24, 2.45) is 5.16 Å². The van der Waals surface area contributed by atoms with Gasteiger partial charge in [-0.3, -0.25) is 0 Å². The number of oxime groups is 1. The second-order valence-electron chi connectivity index (χ2n) is 8.34. The Kier molecular flexibility index (Phi) is 6.11. The standard InChI is InChI=1S/C23H28N2O4/c1-23(2,3)19-14-17(8-11-21(19)25-12-4-5-13-25)20(24-28)15-29-18-9-6-16(7-10-18)22(26)27/h6-11,14,28H,4-5,12-13,15H2,1-3H3,(H,26,27)/b24-20-. The van der Waals surface area contributed by atoms with E-state index in [0.717, 1.165) is 18.7 Å². The van der Waals surface area contributed by atoms with Gasteiger partial charge < -0.3 is 20.0 Å². The lowest BCUT2D eigenvalue weighted by molar-refractivity contribution is 0.0697. The second-order valence-corrected chi connectivity index (χ2v) is 8.34. The van der Waals surface area contributed by atoms with Gasteiger partial charge in [0.1, 0.15) is 18.1 Å². The van der Waals surface area contributed by atoms with Crippen molar-refractivity contribution < 1.29 is 19.8 Å². The van der Waals surface area contributed by atoms with Crippen LogP contribution in [0.15, 0.2) is 47.6 Å². The molecule has 29 heavy (non-hydrogen) atoms. The average molecular weight is 396 g/mol. The van der Waals surface area contributed by atoms with Gasteiger partial charge in [-0.2, -0.15) is 0 Å². The summed E-state index contributed by atoms with van der Waals surface area (Å²) in [4.78, 5) is 13.4. The molecule has 1 aliphatic rings. The third-order valence-corrected chi connectivity index (χ3v) is 5.18. The Morgan fingerprint density at radius 3 is 2.24 bits per heavy atom. The van der Waals surface area contributed by atoms with E-state index in [0.29, 0.717) is 11.5 Å². The molecular formula is C23H28N2O4. The molecule has 0 unspecified atom stereocenters. The van der Waals surface area contributed by atoms with Gasteiger partial charge in [0.2, 0.25) is 0 Å². The van der Waals surface area contributed by atoms with E-state index in [2.05, 4.69) is 43.0 Å². The molecule has 6 nitrogen and oxygen atoms in total. The average Bonchev–Trinajstić information content (AvgIpc) is 3.22. The summed E-state index contributed by atoms with van der Waals surface area (Å²) in [7, 11) is 0. The van der Waals surface area contributed by atoms with Crippen LogP contribution in [0, 0.1) is 0 Å². The number of hydrogen-bond acceptors (Lipinski definition) is 5. The summed E-state index contributed by atoms with van der Waals surface area (Å²) in [5.41, 5.74) is 3.82. The van der Waals surface area contributed by atoms with Gasteiger partial charge >= 0.3 is 5.97 Å². The van der Waals surface area contributed by atoms with E-state index >= 15 is 0 Å². The third-order valence-electron chi connectivity index (χ3n) is 5.18. The summed E-state index contributed by atoms with van der Waals surface area (Å²) in [6.45, 7) is 8.76. The highest BCUT2D eigenvalue weighted by Gasteiger charge is 2.24. The van der Waals surface area contributed by atoms with Crippen molar-refractivity contribution in [2.45, 2.75) is 39.0 Å². The van der Waals surface area contributed by atoms with Crippen LogP contribution in [0.2, 0.25) is 0 Å². The fraction of sp³-hybridized carbons (Fsp3) is 0.391. The molecule has 0 spiro atoms. The van der Waals surface area contributed by atoms with Gasteiger partial charge in [0, 0.05) is 24.3 Å². The molecule has 0 bridgehead atoms. The topological polar surface area (TPSA) is 82.4 Å². The quantitative estimate of drug-likeness (QED) is 0.426. The van der Waals surface area contributed by atoms with Gasteiger partial charge in [-0.25, -0.2) is 4.79 Å². The van der Waals surface area contributed by atoms with Crippen LogP contribution in [0.4, 0.5) is 5.69 Å². The van der Waals surface area contributed by atoms with E-state index in [-0.39, 0.29) is 17.6 Å². The molecule has 1 heterocycles. The van der Waals surface area contributed by atoms with Crippen LogP contribution >= 0.6 is 0 Å². The maximum atomic E-state index is 10.9. The molecule has 0 aromatic heterocycles. The van der Waals surface area contributed by atoms with Crippen LogP contribution in [0.1, 0.15) is 55.1 Å². The highest BCUT2D eigenvalue weighted by molar-refractivity contribution is 6.02. The van der Waals surface area contributed by atoms with Crippen molar-refractivity contribution in [3.63, 3.8) is 0 Å².